The van der Waals surface area contributed by atoms with Crippen LogP contribution in [0.1, 0.15) is 43.6 Å². The lowest BCUT2D eigenvalue weighted by molar-refractivity contribution is 0.0690. The second-order valence-corrected chi connectivity index (χ2v) is 4.43. The van der Waals surface area contributed by atoms with Gasteiger partial charge in [-0.25, -0.2) is 14.8 Å². The highest BCUT2D eigenvalue weighted by Gasteiger charge is 2.33. The molecule has 1 fully saturated rings. The summed E-state index contributed by atoms with van der Waals surface area (Å²) in [7, 11) is 0. The van der Waals surface area contributed by atoms with E-state index in [9.17, 15) is 4.79 Å². The summed E-state index contributed by atoms with van der Waals surface area (Å²) in [5, 5.41) is 9.14. The molecule has 0 radical (unpaired) electrons. The molecule has 1 N–H and O–H groups in total. The summed E-state index contributed by atoms with van der Waals surface area (Å²) < 4.78 is 0. The first-order valence-electron chi connectivity index (χ1n) is 5.97. The van der Waals surface area contributed by atoms with E-state index in [1.54, 1.807) is 6.20 Å². The average molecular weight is 235 g/mol. The van der Waals surface area contributed by atoms with Crippen LogP contribution >= 0.6 is 0 Å². The van der Waals surface area contributed by atoms with Crippen molar-refractivity contribution in [3.8, 4) is 0 Å². The molecule has 92 valence electrons. The van der Waals surface area contributed by atoms with E-state index >= 15 is 0 Å². The quantitative estimate of drug-likeness (QED) is 0.867. The zero-order chi connectivity index (χ0) is 12.4. The maximum Gasteiger partial charge on any atom is 0.358 e. The van der Waals surface area contributed by atoms with Crippen molar-refractivity contribution in [3.05, 3.63) is 18.1 Å². The summed E-state index contributed by atoms with van der Waals surface area (Å²) in [4.78, 5) is 21.4. The van der Waals surface area contributed by atoms with Crippen LogP contribution in [0.2, 0.25) is 0 Å². The Labute approximate surface area is 100 Å². The average Bonchev–Trinajstić information content (AvgIpc) is 2.70. The van der Waals surface area contributed by atoms with Crippen molar-refractivity contribution in [1.82, 2.24) is 9.97 Å². The second-order valence-electron chi connectivity index (χ2n) is 4.43. The van der Waals surface area contributed by atoms with Crippen molar-refractivity contribution in [3.63, 3.8) is 0 Å². The molecule has 2 rings (SSSR count). The Morgan fingerprint density at radius 1 is 1.47 bits per heavy atom. The number of nitrogens with zero attached hydrogens (tertiary/aromatic N) is 3. The van der Waals surface area contributed by atoms with Crippen molar-refractivity contribution in [1.29, 1.82) is 0 Å². The van der Waals surface area contributed by atoms with Gasteiger partial charge in [-0.2, -0.15) is 0 Å². The van der Waals surface area contributed by atoms with Crippen LogP contribution < -0.4 is 4.90 Å². The Kier molecular flexibility index (Phi) is 3.26. The molecule has 0 spiro atoms. The fourth-order valence-electron chi connectivity index (χ4n) is 2.52. The van der Waals surface area contributed by atoms with E-state index in [4.69, 9.17) is 5.11 Å². The van der Waals surface area contributed by atoms with Crippen molar-refractivity contribution in [2.75, 3.05) is 4.90 Å². The number of hydrogen-bond acceptors (Lipinski definition) is 4. The van der Waals surface area contributed by atoms with E-state index in [2.05, 4.69) is 28.7 Å². The molecule has 0 bridgehead atoms. The van der Waals surface area contributed by atoms with Crippen LogP contribution in [-0.2, 0) is 0 Å². The maximum absolute atomic E-state index is 11.2. The van der Waals surface area contributed by atoms with Gasteiger partial charge in [0, 0.05) is 24.5 Å². The van der Waals surface area contributed by atoms with Gasteiger partial charge >= 0.3 is 5.97 Å². The van der Waals surface area contributed by atoms with Crippen LogP contribution in [0, 0.1) is 0 Å². The first-order valence-corrected chi connectivity index (χ1v) is 5.97. The third kappa shape index (κ3) is 2.09. The van der Waals surface area contributed by atoms with Gasteiger partial charge in [0.05, 0.1) is 0 Å². The van der Waals surface area contributed by atoms with Gasteiger partial charge in [-0.3, -0.25) is 0 Å². The highest BCUT2D eigenvalue weighted by molar-refractivity contribution is 5.91. The van der Waals surface area contributed by atoms with Crippen LogP contribution in [0.25, 0.3) is 0 Å². The number of aromatic nitrogens is 2. The van der Waals surface area contributed by atoms with E-state index in [0.717, 1.165) is 19.3 Å². The van der Waals surface area contributed by atoms with Crippen molar-refractivity contribution in [2.45, 2.75) is 45.2 Å². The molecule has 2 heterocycles. The van der Waals surface area contributed by atoms with Crippen LogP contribution in [0.15, 0.2) is 12.4 Å². The van der Waals surface area contributed by atoms with Gasteiger partial charge in [-0.1, -0.05) is 6.92 Å². The fraction of sp³-hybridized carbons (Fsp3) is 0.583. The molecule has 5 heteroatoms. The summed E-state index contributed by atoms with van der Waals surface area (Å²) in [6.45, 7) is 4.22. The number of hydrogen-bond donors (Lipinski definition) is 1. The predicted molar refractivity (Wildman–Crippen MR) is 64.2 cm³/mol. The molecular weight excluding hydrogens is 218 g/mol. The predicted octanol–water partition coefficient (Wildman–Crippen LogP) is 1.94. The van der Waals surface area contributed by atoms with Crippen LogP contribution in [0.3, 0.4) is 0 Å². The topological polar surface area (TPSA) is 66.3 Å². The van der Waals surface area contributed by atoms with E-state index in [1.165, 1.54) is 6.20 Å². The van der Waals surface area contributed by atoms with Crippen molar-refractivity contribution < 1.29 is 9.90 Å². The van der Waals surface area contributed by atoms with Crippen LogP contribution in [0.5, 0.6) is 0 Å². The second kappa shape index (κ2) is 4.69. The molecule has 1 aliphatic rings. The largest absolute Gasteiger partial charge is 0.476 e. The van der Waals surface area contributed by atoms with Crippen molar-refractivity contribution in [2.24, 2.45) is 0 Å². The molecule has 2 atom stereocenters. The molecule has 1 aromatic heterocycles. The van der Waals surface area contributed by atoms with Gasteiger partial charge in [0.15, 0.2) is 11.5 Å². The molecular formula is C12H17N3O2. The summed E-state index contributed by atoms with van der Waals surface area (Å²) in [5.41, 5.74) is 0.0553. The number of aromatic carboxylic acids is 1. The minimum absolute atomic E-state index is 0.0553. The molecule has 5 nitrogen and oxygen atoms in total. The van der Waals surface area contributed by atoms with Gasteiger partial charge in [0.25, 0.3) is 0 Å². The maximum atomic E-state index is 11.2. The summed E-state index contributed by atoms with van der Waals surface area (Å²) in [6, 6.07) is 0.703. The Morgan fingerprint density at radius 3 is 2.82 bits per heavy atom. The van der Waals surface area contributed by atoms with Crippen molar-refractivity contribution >= 4 is 11.8 Å². The number of rotatable bonds is 3. The van der Waals surface area contributed by atoms with E-state index < -0.39 is 5.97 Å². The molecule has 17 heavy (non-hydrogen) atoms. The van der Waals surface area contributed by atoms with Gasteiger partial charge in [-0.15, -0.1) is 0 Å². The lowest BCUT2D eigenvalue weighted by Gasteiger charge is -2.29. The third-order valence-electron chi connectivity index (χ3n) is 3.38. The van der Waals surface area contributed by atoms with Crippen LogP contribution in [-0.4, -0.2) is 33.1 Å². The van der Waals surface area contributed by atoms with Gasteiger partial charge < -0.3 is 10.0 Å². The SMILES string of the molecule is CCC1CCC(C)N1c1nccnc1C(=O)O. The Balaban J connectivity index is 2.41. The molecule has 1 aromatic rings. The number of carboxylic acids is 1. The first-order chi connectivity index (χ1) is 8.15. The van der Waals surface area contributed by atoms with E-state index in [1.807, 2.05) is 0 Å². The lowest BCUT2D eigenvalue weighted by atomic mass is 10.1. The normalized spacial score (nSPS) is 24.0. The smallest absolute Gasteiger partial charge is 0.358 e. The van der Waals surface area contributed by atoms with E-state index in [-0.39, 0.29) is 5.69 Å². The molecule has 0 saturated carbocycles. The van der Waals surface area contributed by atoms with Gasteiger partial charge in [0.2, 0.25) is 0 Å². The Bertz CT molecular complexity index is 422. The lowest BCUT2D eigenvalue weighted by Crippen LogP contribution is -2.36. The fourth-order valence-corrected chi connectivity index (χ4v) is 2.52. The van der Waals surface area contributed by atoms with Gasteiger partial charge in [-0.05, 0) is 26.2 Å². The molecule has 0 amide bonds. The number of carboxylic acid groups (broad SMARTS) is 1. The monoisotopic (exact) mass is 235 g/mol. The third-order valence-corrected chi connectivity index (χ3v) is 3.38. The zero-order valence-corrected chi connectivity index (χ0v) is 10.1. The van der Waals surface area contributed by atoms with E-state index in [0.29, 0.717) is 17.9 Å². The highest BCUT2D eigenvalue weighted by Crippen LogP contribution is 2.31. The first kappa shape index (κ1) is 11.8. The minimum atomic E-state index is -1.01. The summed E-state index contributed by atoms with van der Waals surface area (Å²) >= 11 is 0. The Morgan fingerprint density at radius 2 is 2.18 bits per heavy atom. The number of carbonyl (C=O) groups is 1. The standard InChI is InChI=1S/C12H17N3O2/c1-3-9-5-4-8(2)15(9)11-10(12(16)17)13-6-7-14-11/h6-9H,3-5H2,1-2H3,(H,16,17). The minimum Gasteiger partial charge on any atom is -0.476 e. The highest BCUT2D eigenvalue weighted by atomic mass is 16.4. The molecule has 0 aliphatic carbocycles. The number of anilines is 1. The molecule has 2 unspecified atom stereocenters. The Hall–Kier alpha value is -1.65. The van der Waals surface area contributed by atoms with Crippen LogP contribution in [0.4, 0.5) is 5.82 Å². The molecule has 1 aliphatic heterocycles. The van der Waals surface area contributed by atoms with Gasteiger partial charge in [0.1, 0.15) is 0 Å². The summed E-state index contributed by atoms with van der Waals surface area (Å²) in [6.07, 6.45) is 6.15. The summed E-state index contributed by atoms with van der Waals surface area (Å²) in [5.74, 6) is -0.501. The molecule has 1 saturated heterocycles. The zero-order valence-electron chi connectivity index (χ0n) is 10.1. The molecule has 0 aromatic carbocycles.